The number of carbonyl (C=O) groups excluding carboxylic acids is 1. The summed E-state index contributed by atoms with van der Waals surface area (Å²) in [6, 6.07) is 7.63. The van der Waals surface area contributed by atoms with E-state index in [9.17, 15) is 9.90 Å². The molecule has 3 aliphatic rings. The van der Waals surface area contributed by atoms with Crippen molar-refractivity contribution >= 4 is 27.5 Å². The quantitative estimate of drug-likeness (QED) is 0.824. The summed E-state index contributed by atoms with van der Waals surface area (Å²) < 4.78 is 0.994. The predicted octanol–water partition coefficient (Wildman–Crippen LogP) is 3.21. The van der Waals surface area contributed by atoms with Gasteiger partial charge in [-0.25, -0.2) is 0 Å². The first-order valence-electron chi connectivity index (χ1n) is 7.51. The van der Waals surface area contributed by atoms with Gasteiger partial charge in [-0.3, -0.25) is 4.79 Å². The molecule has 2 N–H and O–H groups in total. The minimum atomic E-state index is -0.0869. The van der Waals surface area contributed by atoms with Crippen LogP contribution in [0, 0.1) is 29.1 Å². The third kappa shape index (κ3) is 1.92. The van der Waals surface area contributed by atoms with E-state index < -0.39 is 0 Å². The summed E-state index contributed by atoms with van der Waals surface area (Å²) in [5, 5.41) is 12.8. The van der Waals surface area contributed by atoms with Gasteiger partial charge in [0, 0.05) is 22.7 Å². The molecule has 0 saturated heterocycles. The predicted molar refractivity (Wildman–Crippen MR) is 84.6 cm³/mol. The zero-order chi connectivity index (χ0) is 14.6. The Bertz CT molecular complexity index is 606. The topological polar surface area (TPSA) is 49.3 Å². The van der Waals surface area contributed by atoms with Gasteiger partial charge in [0.1, 0.15) is 0 Å². The van der Waals surface area contributed by atoms with Crippen LogP contribution in [0.3, 0.4) is 0 Å². The van der Waals surface area contributed by atoms with E-state index in [4.69, 9.17) is 0 Å². The third-order valence-corrected chi connectivity index (χ3v) is 6.14. The van der Waals surface area contributed by atoms with Crippen LogP contribution < -0.4 is 5.32 Å². The highest BCUT2D eigenvalue weighted by molar-refractivity contribution is 9.10. The number of nitrogens with one attached hydrogen (secondary N) is 1. The Kier molecular flexibility index (Phi) is 3.02. The second kappa shape index (κ2) is 4.68. The molecule has 0 aromatic heterocycles. The van der Waals surface area contributed by atoms with Gasteiger partial charge in [-0.15, -0.1) is 0 Å². The summed E-state index contributed by atoms with van der Waals surface area (Å²) >= 11 is 3.39. The second-order valence-corrected chi connectivity index (χ2v) is 7.45. The number of aliphatic hydroxyl groups excluding tert-OH is 1. The van der Waals surface area contributed by atoms with Crippen molar-refractivity contribution in [3.05, 3.63) is 40.9 Å². The molecule has 0 aliphatic heterocycles. The number of aliphatic hydroxyl groups is 1. The van der Waals surface area contributed by atoms with Crippen LogP contribution >= 0.6 is 15.9 Å². The first-order chi connectivity index (χ1) is 10.2. The molecule has 1 spiro atoms. The number of halogens is 1. The molecular weight excluding hydrogens is 330 g/mol. The number of benzene rings is 1. The molecule has 4 rings (SSSR count). The SMILES string of the molecule is O=C(Nc1ccc(Br)cc1)[C@H]1[C@H](CO)[C@H]2C=C[C@@H]1C21CC1. The Morgan fingerprint density at radius 1 is 1.24 bits per heavy atom. The van der Waals surface area contributed by atoms with Crippen LogP contribution in [-0.2, 0) is 4.79 Å². The molecule has 2 saturated carbocycles. The molecule has 1 aromatic carbocycles. The van der Waals surface area contributed by atoms with Gasteiger partial charge < -0.3 is 10.4 Å². The van der Waals surface area contributed by atoms with Crippen LogP contribution in [-0.4, -0.2) is 17.6 Å². The summed E-state index contributed by atoms with van der Waals surface area (Å²) in [6.45, 7) is 0.103. The average Bonchev–Trinajstić information content (AvgIpc) is 3.15. The Morgan fingerprint density at radius 2 is 1.90 bits per heavy atom. The number of rotatable bonds is 3. The number of allylic oxidation sites excluding steroid dienone is 2. The first-order valence-corrected chi connectivity index (χ1v) is 8.31. The van der Waals surface area contributed by atoms with E-state index in [1.54, 1.807) is 0 Å². The normalized spacial score (nSPS) is 34.4. The Hall–Kier alpha value is -1.13. The summed E-state index contributed by atoms with van der Waals surface area (Å²) in [5.74, 6) is 0.761. The summed E-state index contributed by atoms with van der Waals surface area (Å²) in [5.41, 5.74) is 1.12. The van der Waals surface area contributed by atoms with Gasteiger partial charge in [-0.1, -0.05) is 28.1 Å². The van der Waals surface area contributed by atoms with Crippen molar-refractivity contribution in [3.63, 3.8) is 0 Å². The van der Waals surface area contributed by atoms with E-state index in [2.05, 4.69) is 33.4 Å². The average molecular weight is 348 g/mol. The number of hydrogen-bond acceptors (Lipinski definition) is 2. The molecule has 4 atom stereocenters. The lowest BCUT2D eigenvalue weighted by Gasteiger charge is -2.25. The van der Waals surface area contributed by atoms with Gasteiger partial charge in [0.15, 0.2) is 0 Å². The molecule has 0 unspecified atom stereocenters. The van der Waals surface area contributed by atoms with Crippen LogP contribution in [0.25, 0.3) is 0 Å². The molecule has 1 amide bonds. The van der Waals surface area contributed by atoms with Crippen molar-refractivity contribution in [2.45, 2.75) is 12.8 Å². The monoisotopic (exact) mass is 347 g/mol. The van der Waals surface area contributed by atoms with Crippen molar-refractivity contribution in [1.82, 2.24) is 0 Å². The zero-order valence-corrected chi connectivity index (χ0v) is 13.2. The molecule has 2 fully saturated rings. The molecule has 3 nitrogen and oxygen atoms in total. The number of amides is 1. The molecule has 4 heteroatoms. The van der Waals surface area contributed by atoms with E-state index >= 15 is 0 Å². The highest BCUT2D eigenvalue weighted by Gasteiger charge is 2.67. The van der Waals surface area contributed by atoms with Gasteiger partial charge in [0.05, 0.1) is 5.92 Å². The zero-order valence-electron chi connectivity index (χ0n) is 11.6. The maximum Gasteiger partial charge on any atom is 0.228 e. The van der Waals surface area contributed by atoms with Gasteiger partial charge in [-0.05, 0) is 54.4 Å². The number of carbonyl (C=O) groups is 1. The molecule has 110 valence electrons. The maximum absolute atomic E-state index is 12.7. The fraction of sp³-hybridized carbons (Fsp3) is 0.471. The smallest absolute Gasteiger partial charge is 0.228 e. The van der Waals surface area contributed by atoms with Crippen molar-refractivity contribution in [1.29, 1.82) is 0 Å². The van der Waals surface area contributed by atoms with Gasteiger partial charge >= 0.3 is 0 Å². The van der Waals surface area contributed by atoms with Crippen LogP contribution in [0.1, 0.15) is 12.8 Å². The Morgan fingerprint density at radius 3 is 2.52 bits per heavy atom. The van der Waals surface area contributed by atoms with Crippen LogP contribution in [0.5, 0.6) is 0 Å². The lowest BCUT2D eigenvalue weighted by atomic mass is 9.83. The summed E-state index contributed by atoms with van der Waals surface area (Å²) in [6.07, 6.45) is 6.86. The van der Waals surface area contributed by atoms with Crippen molar-refractivity contribution in [3.8, 4) is 0 Å². The highest BCUT2D eigenvalue weighted by atomic mass is 79.9. The lowest BCUT2D eigenvalue weighted by Crippen LogP contribution is -2.34. The van der Waals surface area contributed by atoms with Crippen LogP contribution in [0.4, 0.5) is 5.69 Å². The van der Waals surface area contributed by atoms with E-state index in [-0.39, 0.29) is 24.3 Å². The Balaban J connectivity index is 1.56. The van der Waals surface area contributed by atoms with Gasteiger partial charge in [0.2, 0.25) is 5.91 Å². The standard InChI is InChI=1S/C17H18BrNO2/c18-10-1-3-11(4-2-10)19-16(21)15-12(9-20)13-5-6-14(15)17(13)7-8-17/h1-6,12-15,20H,7-9H2,(H,19,21)/t12-,13-,14+,15+/m1/s1. The lowest BCUT2D eigenvalue weighted by molar-refractivity contribution is -0.122. The van der Waals surface area contributed by atoms with Gasteiger partial charge in [0.25, 0.3) is 0 Å². The Labute approximate surface area is 132 Å². The third-order valence-electron chi connectivity index (χ3n) is 5.62. The molecule has 1 aromatic rings. The highest BCUT2D eigenvalue weighted by Crippen LogP contribution is 2.71. The van der Waals surface area contributed by atoms with E-state index in [0.29, 0.717) is 17.3 Å². The van der Waals surface area contributed by atoms with Crippen molar-refractivity contribution < 1.29 is 9.90 Å². The first kappa shape index (κ1) is 13.5. The van der Waals surface area contributed by atoms with Gasteiger partial charge in [-0.2, -0.15) is 0 Å². The van der Waals surface area contributed by atoms with E-state index in [0.717, 1.165) is 10.2 Å². The minimum absolute atomic E-state index is 0.0551. The van der Waals surface area contributed by atoms with Crippen LogP contribution in [0.15, 0.2) is 40.9 Å². The maximum atomic E-state index is 12.7. The fourth-order valence-electron chi connectivity index (χ4n) is 4.54. The van der Waals surface area contributed by atoms with E-state index in [1.165, 1.54) is 12.8 Å². The minimum Gasteiger partial charge on any atom is -0.396 e. The fourth-order valence-corrected chi connectivity index (χ4v) is 4.80. The van der Waals surface area contributed by atoms with Crippen LogP contribution in [0.2, 0.25) is 0 Å². The molecular formula is C17H18BrNO2. The van der Waals surface area contributed by atoms with Crippen molar-refractivity contribution in [2.24, 2.45) is 29.1 Å². The number of hydrogen-bond donors (Lipinski definition) is 2. The molecule has 0 heterocycles. The number of anilines is 1. The van der Waals surface area contributed by atoms with Crippen molar-refractivity contribution in [2.75, 3.05) is 11.9 Å². The summed E-state index contributed by atoms with van der Waals surface area (Å²) in [7, 11) is 0. The summed E-state index contributed by atoms with van der Waals surface area (Å²) in [4.78, 5) is 12.7. The molecule has 21 heavy (non-hydrogen) atoms. The largest absolute Gasteiger partial charge is 0.396 e. The molecule has 3 aliphatic carbocycles. The molecule has 2 bridgehead atoms. The van der Waals surface area contributed by atoms with E-state index in [1.807, 2.05) is 24.3 Å². The second-order valence-electron chi connectivity index (χ2n) is 6.54. The molecule has 0 radical (unpaired) electrons.